The molecule has 0 unspecified atom stereocenters. The lowest BCUT2D eigenvalue weighted by molar-refractivity contribution is -0.124. The molecule has 1 saturated carbocycles. The summed E-state index contributed by atoms with van der Waals surface area (Å²) in [7, 11) is 0. The number of urea groups is 2. The number of halogens is 2. The van der Waals surface area contributed by atoms with Crippen molar-refractivity contribution in [1.82, 2.24) is 20.9 Å². The molecule has 3 N–H and O–H groups in total. The average Bonchev–Trinajstić information content (AvgIpc) is 3.27. The molecule has 0 aromatic heterocycles. The predicted octanol–water partition coefficient (Wildman–Crippen LogP) is 2.01. The fourth-order valence-corrected chi connectivity index (χ4v) is 3.87. The minimum atomic E-state index is -1.04. The third kappa shape index (κ3) is 2.81. The molecule has 2 heterocycles. The van der Waals surface area contributed by atoms with E-state index in [2.05, 4.69) is 16.0 Å². The quantitative estimate of drug-likeness (QED) is 0.698. The number of fused-ring (bicyclic) bond motifs is 1. The molecule has 5 amide bonds. The van der Waals surface area contributed by atoms with Gasteiger partial charge < -0.3 is 15.5 Å². The van der Waals surface area contributed by atoms with Crippen molar-refractivity contribution in [1.29, 1.82) is 0 Å². The third-order valence-corrected chi connectivity index (χ3v) is 5.74. The standard InChI is InChI=1S/C16H16Cl2N4O3/c17-11-3-8-5-22(6-9(8)4-12(11)18)15(25)19-7-16(10-1-2-10)13(23)20-14(24)21-16/h3-4,10H,1-2,5-7H2,(H,19,25)(H2,20,21,23,24)/t16-/m0/s1. The van der Waals surface area contributed by atoms with E-state index in [0.717, 1.165) is 24.0 Å². The van der Waals surface area contributed by atoms with Crippen LogP contribution in [-0.2, 0) is 17.9 Å². The lowest BCUT2D eigenvalue weighted by Gasteiger charge is -2.27. The fourth-order valence-electron chi connectivity index (χ4n) is 3.50. The summed E-state index contributed by atoms with van der Waals surface area (Å²) in [5.41, 5.74) is 0.869. The number of imide groups is 1. The van der Waals surface area contributed by atoms with Crippen LogP contribution >= 0.6 is 23.2 Å². The van der Waals surface area contributed by atoms with Crippen LogP contribution in [0.2, 0.25) is 10.0 Å². The second-order valence-electron chi connectivity index (χ2n) is 6.70. The summed E-state index contributed by atoms with van der Waals surface area (Å²) in [5, 5.41) is 8.66. The van der Waals surface area contributed by atoms with Crippen molar-refractivity contribution in [2.45, 2.75) is 31.5 Å². The van der Waals surface area contributed by atoms with E-state index < -0.39 is 11.6 Å². The molecule has 1 aliphatic carbocycles. The lowest BCUT2D eigenvalue weighted by atomic mass is 9.93. The number of amides is 5. The molecule has 4 rings (SSSR count). The van der Waals surface area contributed by atoms with E-state index in [0.29, 0.717) is 23.1 Å². The van der Waals surface area contributed by atoms with Gasteiger partial charge in [-0.15, -0.1) is 0 Å². The van der Waals surface area contributed by atoms with Gasteiger partial charge in [0.2, 0.25) is 0 Å². The van der Waals surface area contributed by atoms with E-state index >= 15 is 0 Å². The van der Waals surface area contributed by atoms with E-state index in [1.54, 1.807) is 17.0 Å². The van der Waals surface area contributed by atoms with Gasteiger partial charge in [-0.1, -0.05) is 23.2 Å². The van der Waals surface area contributed by atoms with Crippen LogP contribution in [0.5, 0.6) is 0 Å². The predicted molar refractivity (Wildman–Crippen MR) is 91.2 cm³/mol. The number of rotatable bonds is 3. The Labute approximate surface area is 154 Å². The van der Waals surface area contributed by atoms with Gasteiger partial charge in [-0.25, -0.2) is 9.59 Å². The van der Waals surface area contributed by atoms with Crippen molar-refractivity contribution in [2.75, 3.05) is 6.54 Å². The van der Waals surface area contributed by atoms with Crippen LogP contribution in [0.15, 0.2) is 12.1 Å². The topological polar surface area (TPSA) is 90.5 Å². The van der Waals surface area contributed by atoms with Crippen molar-refractivity contribution in [3.05, 3.63) is 33.3 Å². The first-order chi connectivity index (χ1) is 11.9. The summed E-state index contributed by atoms with van der Waals surface area (Å²) in [5.74, 6) is -0.309. The second kappa shape index (κ2) is 5.78. The summed E-state index contributed by atoms with van der Waals surface area (Å²) < 4.78 is 0. The van der Waals surface area contributed by atoms with Crippen LogP contribution in [0.25, 0.3) is 0 Å². The van der Waals surface area contributed by atoms with Crippen LogP contribution in [-0.4, -0.2) is 35.0 Å². The van der Waals surface area contributed by atoms with Gasteiger partial charge >= 0.3 is 12.1 Å². The second-order valence-corrected chi connectivity index (χ2v) is 7.52. The maximum absolute atomic E-state index is 12.5. The number of carbonyl (C=O) groups is 3. The summed E-state index contributed by atoms with van der Waals surface area (Å²) in [6.45, 7) is 0.919. The molecule has 2 fully saturated rings. The molecule has 132 valence electrons. The molecular weight excluding hydrogens is 367 g/mol. The molecule has 1 aromatic rings. The Kier molecular flexibility index (Phi) is 3.81. The minimum absolute atomic E-state index is 0.0626. The molecule has 0 spiro atoms. The zero-order chi connectivity index (χ0) is 17.8. The highest BCUT2D eigenvalue weighted by atomic mass is 35.5. The van der Waals surface area contributed by atoms with Crippen molar-refractivity contribution < 1.29 is 14.4 Å². The molecule has 3 aliphatic rings. The average molecular weight is 383 g/mol. The van der Waals surface area contributed by atoms with E-state index in [4.69, 9.17) is 23.2 Å². The maximum Gasteiger partial charge on any atom is 0.322 e. The van der Waals surface area contributed by atoms with Crippen molar-refractivity contribution >= 4 is 41.2 Å². The van der Waals surface area contributed by atoms with Crippen LogP contribution in [0, 0.1) is 5.92 Å². The van der Waals surface area contributed by atoms with Crippen LogP contribution in [0.3, 0.4) is 0 Å². The molecule has 9 heteroatoms. The monoisotopic (exact) mass is 382 g/mol. The fraction of sp³-hybridized carbons (Fsp3) is 0.438. The highest BCUT2D eigenvalue weighted by Gasteiger charge is 2.56. The van der Waals surface area contributed by atoms with E-state index in [1.807, 2.05) is 0 Å². The summed E-state index contributed by atoms with van der Waals surface area (Å²) in [6, 6.07) is 2.73. The van der Waals surface area contributed by atoms with E-state index in [-0.39, 0.29) is 24.4 Å². The molecule has 1 saturated heterocycles. The Hall–Kier alpha value is -1.99. The van der Waals surface area contributed by atoms with Crippen molar-refractivity contribution in [2.24, 2.45) is 5.92 Å². The summed E-state index contributed by atoms with van der Waals surface area (Å²) in [4.78, 5) is 37.8. The maximum atomic E-state index is 12.5. The molecule has 1 aromatic carbocycles. The molecule has 7 nitrogen and oxygen atoms in total. The number of nitrogens with one attached hydrogen (secondary N) is 3. The van der Waals surface area contributed by atoms with Gasteiger partial charge in [0.15, 0.2) is 0 Å². The van der Waals surface area contributed by atoms with Gasteiger partial charge in [0.05, 0.1) is 16.6 Å². The first-order valence-electron chi connectivity index (χ1n) is 8.02. The zero-order valence-corrected chi connectivity index (χ0v) is 14.7. The van der Waals surface area contributed by atoms with Crippen molar-refractivity contribution in [3.63, 3.8) is 0 Å². The van der Waals surface area contributed by atoms with Crippen LogP contribution in [0.1, 0.15) is 24.0 Å². The Bertz CT molecular complexity index is 765. The molecule has 25 heavy (non-hydrogen) atoms. The van der Waals surface area contributed by atoms with Crippen LogP contribution in [0.4, 0.5) is 9.59 Å². The van der Waals surface area contributed by atoms with E-state index in [9.17, 15) is 14.4 Å². The summed E-state index contributed by atoms with van der Waals surface area (Å²) >= 11 is 12.0. The lowest BCUT2D eigenvalue weighted by Crippen LogP contribution is -2.58. The Morgan fingerprint density at radius 1 is 1.20 bits per heavy atom. The Balaban J connectivity index is 1.43. The summed E-state index contributed by atoms with van der Waals surface area (Å²) in [6.07, 6.45) is 1.71. The molecule has 0 bridgehead atoms. The normalized spacial score (nSPS) is 24.8. The highest BCUT2D eigenvalue weighted by molar-refractivity contribution is 6.42. The van der Waals surface area contributed by atoms with Gasteiger partial charge in [0.1, 0.15) is 5.54 Å². The number of hydrogen-bond donors (Lipinski definition) is 3. The van der Waals surface area contributed by atoms with Crippen LogP contribution < -0.4 is 16.0 Å². The van der Waals surface area contributed by atoms with Gasteiger partial charge in [0.25, 0.3) is 5.91 Å². The third-order valence-electron chi connectivity index (χ3n) is 5.01. The molecule has 2 aliphatic heterocycles. The Morgan fingerprint density at radius 2 is 1.80 bits per heavy atom. The first-order valence-corrected chi connectivity index (χ1v) is 8.78. The molecule has 0 radical (unpaired) electrons. The van der Waals surface area contributed by atoms with Gasteiger partial charge in [-0.05, 0) is 42.0 Å². The molecular formula is C16H16Cl2N4O3. The zero-order valence-electron chi connectivity index (χ0n) is 13.2. The highest BCUT2D eigenvalue weighted by Crippen LogP contribution is 2.41. The minimum Gasteiger partial charge on any atom is -0.335 e. The van der Waals surface area contributed by atoms with E-state index in [1.165, 1.54) is 0 Å². The van der Waals surface area contributed by atoms with Gasteiger partial charge in [-0.2, -0.15) is 0 Å². The first kappa shape index (κ1) is 16.5. The SMILES string of the molecule is O=C1NC(=O)[C@](CNC(=O)N2Cc3cc(Cl)c(Cl)cc3C2)(C2CC2)N1. The largest absolute Gasteiger partial charge is 0.335 e. The number of nitrogens with zero attached hydrogens (tertiary/aromatic N) is 1. The van der Waals surface area contributed by atoms with Gasteiger partial charge in [-0.3, -0.25) is 10.1 Å². The molecule has 1 atom stereocenters. The number of hydrogen-bond acceptors (Lipinski definition) is 3. The number of carbonyl (C=O) groups excluding carboxylic acids is 3. The van der Waals surface area contributed by atoms with Gasteiger partial charge in [0, 0.05) is 13.1 Å². The smallest absolute Gasteiger partial charge is 0.322 e. The Morgan fingerprint density at radius 3 is 2.28 bits per heavy atom. The van der Waals surface area contributed by atoms with Crippen molar-refractivity contribution in [3.8, 4) is 0 Å². The number of benzene rings is 1.